The monoisotopic (exact) mass is 310 g/mol. The first kappa shape index (κ1) is 15.4. The second kappa shape index (κ2) is 6.31. The number of hydrogen-bond acceptors (Lipinski definition) is 1. The van der Waals surface area contributed by atoms with Crippen LogP contribution in [0.15, 0.2) is 59.5 Å². The normalized spacial score (nSPS) is 16.0. The highest BCUT2D eigenvalue weighted by Gasteiger charge is 2.18. The minimum absolute atomic E-state index is 1.00. The van der Waals surface area contributed by atoms with E-state index in [1.165, 1.54) is 27.2 Å². The molecule has 0 aromatic heterocycles. The molecule has 2 heteroatoms. The van der Waals surface area contributed by atoms with Crippen molar-refractivity contribution in [3.8, 4) is 0 Å². The fourth-order valence-corrected chi connectivity index (χ4v) is 3.91. The van der Waals surface area contributed by atoms with E-state index in [0.29, 0.717) is 0 Å². The van der Waals surface area contributed by atoms with Crippen molar-refractivity contribution in [3.63, 3.8) is 0 Å². The van der Waals surface area contributed by atoms with Gasteiger partial charge in [0.05, 0.1) is 27.7 Å². The van der Waals surface area contributed by atoms with Gasteiger partial charge in [-0.25, -0.2) is 0 Å². The molecule has 1 aliphatic heterocycles. The van der Waals surface area contributed by atoms with E-state index in [0.717, 1.165) is 23.2 Å². The lowest BCUT2D eigenvalue weighted by Crippen LogP contribution is -2.34. The van der Waals surface area contributed by atoms with Gasteiger partial charge in [-0.2, -0.15) is 0 Å². The molecule has 0 amide bonds. The van der Waals surface area contributed by atoms with Crippen LogP contribution in [0, 0.1) is 0 Å². The molecule has 2 aromatic rings. The smallest absolute Gasteiger partial charge is 0.0815 e. The Morgan fingerprint density at radius 1 is 0.955 bits per heavy atom. The third kappa shape index (κ3) is 3.45. The highest BCUT2D eigenvalue weighted by atomic mass is 32.2. The molecular weight excluding hydrogens is 286 g/mol. The van der Waals surface area contributed by atoms with Gasteiger partial charge in [0, 0.05) is 17.1 Å². The Balaban J connectivity index is 2.04. The van der Waals surface area contributed by atoms with Gasteiger partial charge >= 0.3 is 0 Å². The lowest BCUT2D eigenvalue weighted by molar-refractivity contribution is -0.869. The predicted molar refractivity (Wildman–Crippen MR) is 97.0 cm³/mol. The summed E-state index contributed by atoms with van der Waals surface area (Å²) in [5.74, 6) is 1.06. The lowest BCUT2D eigenvalue weighted by Gasteiger charge is -2.23. The largest absolute Gasteiger partial charge is 0.331 e. The molecule has 0 bridgehead atoms. The molecule has 0 atom stereocenters. The standard InChI is InChI=1S/C20H24NS/c1-21(2,3)14-8-12-18-17-10-5-4-9-16(17)15-22-20-13-7-6-11-19(18)20/h4-7,9-13H,8,14-15H2,1-3H3/q+1/b18-12+. The van der Waals surface area contributed by atoms with Crippen LogP contribution in [0.3, 0.4) is 0 Å². The Labute approximate surface area is 138 Å². The summed E-state index contributed by atoms with van der Waals surface area (Å²) in [5, 5.41) is 0. The molecular formula is C20H24NS+. The Hall–Kier alpha value is -1.51. The van der Waals surface area contributed by atoms with E-state index in [1.807, 2.05) is 11.8 Å². The Morgan fingerprint density at radius 3 is 2.41 bits per heavy atom. The third-order valence-electron chi connectivity index (χ3n) is 4.02. The SMILES string of the molecule is C[N+](C)(C)CC/C=C1\c2ccccc2CSc2ccccc21. The van der Waals surface area contributed by atoms with E-state index in [4.69, 9.17) is 0 Å². The van der Waals surface area contributed by atoms with Gasteiger partial charge in [0.15, 0.2) is 0 Å². The summed E-state index contributed by atoms with van der Waals surface area (Å²) < 4.78 is 1.00. The van der Waals surface area contributed by atoms with E-state index in [9.17, 15) is 0 Å². The fraction of sp³-hybridized carbons (Fsp3) is 0.300. The van der Waals surface area contributed by atoms with Gasteiger partial charge in [-0.1, -0.05) is 48.5 Å². The summed E-state index contributed by atoms with van der Waals surface area (Å²) in [6.07, 6.45) is 3.54. The summed E-state index contributed by atoms with van der Waals surface area (Å²) >= 11 is 1.95. The van der Waals surface area contributed by atoms with E-state index in [1.54, 1.807) is 0 Å². The van der Waals surface area contributed by atoms with Crippen LogP contribution in [-0.4, -0.2) is 32.2 Å². The van der Waals surface area contributed by atoms with Crippen LogP contribution in [0.25, 0.3) is 5.57 Å². The average molecular weight is 310 g/mol. The van der Waals surface area contributed by atoms with Gasteiger partial charge in [-0.05, 0) is 28.3 Å². The second-order valence-electron chi connectivity index (χ2n) is 6.86. The summed E-state index contributed by atoms with van der Waals surface area (Å²) in [4.78, 5) is 1.40. The molecule has 0 N–H and O–H groups in total. The molecule has 114 valence electrons. The molecule has 0 aliphatic carbocycles. The molecule has 1 nitrogen and oxygen atoms in total. The first-order valence-corrected chi connectivity index (χ1v) is 8.84. The van der Waals surface area contributed by atoms with Gasteiger partial charge in [0.2, 0.25) is 0 Å². The van der Waals surface area contributed by atoms with Crippen LogP contribution < -0.4 is 0 Å². The Bertz CT molecular complexity index is 645. The predicted octanol–water partition coefficient (Wildman–Crippen LogP) is 4.82. The molecule has 1 heterocycles. The zero-order valence-corrected chi connectivity index (χ0v) is 14.5. The molecule has 0 radical (unpaired) electrons. The van der Waals surface area contributed by atoms with Crippen molar-refractivity contribution in [1.82, 2.24) is 0 Å². The maximum Gasteiger partial charge on any atom is 0.0815 e. The van der Waals surface area contributed by atoms with Crippen molar-refractivity contribution in [3.05, 3.63) is 71.3 Å². The summed E-state index contributed by atoms with van der Waals surface area (Å²) in [5.41, 5.74) is 5.64. The average Bonchev–Trinajstić information content (AvgIpc) is 2.64. The van der Waals surface area contributed by atoms with E-state index >= 15 is 0 Å². The van der Waals surface area contributed by atoms with E-state index < -0.39 is 0 Å². The Morgan fingerprint density at radius 2 is 1.64 bits per heavy atom. The number of quaternary nitrogens is 1. The number of benzene rings is 2. The van der Waals surface area contributed by atoms with Gasteiger partial charge in [-0.15, -0.1) is 11.8 Å². The Kier molecular flexibility index (Phi) is 4.42. The van der Waals surface area contributed by atoms with Crippen molar-refractivity contribution in [2.24, 2.45) is 0 Å². The first-order valence-electron chi connectivity index (χ1n) is 7.86. The molecule has 0 fully saturated rings. The molecule has 0 unspecified atom stereocenters. The minimum Gasteiger partial charge on any atom is -0.331 e. The van der Waals surface area contributed by atoms with E-state index in [2.05, 4.69) is 75.7 Å². The van der Waals surface area contributed by atoms with Crippen LogP contribution in [0.1, 0.15) is 23.1 Å². The van der Waals surface area contributed by atoms with Crippen molar-refractivity contribution in [1.29, 1.82) is 0 Å². The molecule has 0 saturated heterocycles. The van der Waals surface area contributed by atoms with Crippen molar-refractivity contribution >= 4 is 17.3 Å². The fourth-order valence-electron chi connectivity index (χ4n) is 2.84. The zero-order valence-electron chi connectivity index (χ0n) is 13.7. The summed E-state index contributed by atoms with van der Waals surface area (Å²) in [7, 11) is 6.76. The molecule has 2 aromatic carbocycles. The first-order chi connectivity index (χ1) is 10.5. The van der Waals surface area contributed by atoms with Gasteiger partial charge < -0.3 is 4.48 Å². The van der Waals surface area contributed by atoms with Crippen LogP contribution in [0.4, 0.5) is 0 Å². The molecule has 22 heavy (non-hydrogen) atoms. The molecule has 1 aliphatic rings. The van der Waals surface area contributed by atoms with Gasteiger partial charge in [0.1, 0.15) is 0 Å². The number of fused-ring (bicyclic) bond motifs is 2. The highest BCUT2D eigenvalue weighted by molar-refractivity contribution is 7.98. The lowest BCUT2D eigenvalue weighted by atomic mass is 9.93. The topological polar surface area (TPSA) is 0 Å². The van der Waals surface area contributed by atoms with Gasteiger partial charge in [0.25, 0.3) is 0 Å². The number of rotatable bonds is 3. The number of thioether (sulfide) groups is 1. The van der Waals surface area contributed by atoms with Crippen LogP contribution >= 0.6 is 11.8 Å². The highest BCUT2D eigenvalue weighted by Crippen LogP contribution is 2.39. The van der Waals surface area contributed by atoms with E-state index in [-0.39, 0.29) is 0 Å². The molecule has 3 rings (SSSR count). The zero-order chi connectivity index (χ0) is 15.6. The van der Waals surface area contributed by atoms with Gasteiger partial charge in [-0.3, -0.25) is 0 Å². The summed E-state index contributed by atoms with van der Waals surface area (Å²) in [6, 6.07) is 17.7. The second-order valence-corrected chi connectivity index (χ2v) is 7.88. The van der Waals surface area contributed by atoms with Crippen molar-refractivity contribution in [2.75, 3.05) is 27.7 Å². The number of hydrogen-bond donors (Lipinski definition) is 0. The third-order valence-corrected chi connectivity index (χ3v) is 5.14. The van der Waals surface area contributed by atoms with Crippen molar-refractivity contribution < 1.29 is 4.48 Å². The minimum atomic E-state index is 1.00. The quantitative estimate of drug-likeness (QED) is 0.732. The molecule has 0 saturated carbocycles. The maximum absolute atomic E-state index is 2.44. The van der Waals surface area contributed by atoms with Crippen molar-refractivity contribution in [2.45, 2.75) is 17.1 Å². The maximum atomic E-state index is 2.44. The van der Waals surface area contributed by atoms with Crippen LogP contribution in [0.5, 0.6) is 0 Å². The molecule has 0 spiro atoms. The summed E-state index contributed by atoms with van der Waals surface area (Å²) in [6.45, 7) is 1.15. The van der Waals surface area contributed by atoms with Crippen LogP contribution in [0.2, 0.25) is 0 Å². The van der Waals surface area contributed by atoms with Crippen LogP contribution in [-0.2, 0) is 5.75 Å². The number of nitrogens with zero attached hydrogens (tertiary/aromatic N) is 1.